The Morgan fingerprint density at radius 2 is 2.15 bits per heavy atom. The Morgan fingerprint density at radius 1 is 1.38 bits per heavy atom. The molecule has 3 heteroatoms. The first-order valence-electron chi connectivity index (χ1n) is 4.96. The van der Waals surface area contributed by atoms with Gasteiger partial charge in [-0.2, -0.15) is 5.10 Å². The molecule has 1 aromatic rings. The number of nitrogens with zero attached hydrogens (tertiary/aromatic N) is 2. The van der Waals surface area contributed by atoms with E-state index in [2.05, 4.69) is 35.0 Å². The Morgan fingerprint density at radius 3 is 2.69 bits per heavy atom. The second-order valence-electron chi connectivity index (χ2n) is 3.40. The predicted octanol–water partition coefficient (Wildman–Crippen LogP) is 1.50. The zero-order valence-corrected chi connectivity index (χ0v) is 8.80. The van der Waals surface area contributed by atoms with E-state index >= 15 is 0 Å². The molecule has 0 aliphatic rings. The summed E-state index contributed by atoms with van der Waals surface area (Å²) in [5.41, 5.74) is 2.35. The van der Waals surface area contributed by atoms with Gasteiger partial charge in [-0.05, 0) is 32.9 Å². The summed E-state index contributed by atoms with van der Waals surface area (Å²) in [5, 5.41) is 7.74. The van der Waals surface area contributed by atoms with E-state index in [-0.39, 0.29) is 0 Å². The first-order valence-corrected chi connectivity index (χ1v) is 4.96. The van der Waals surface area contributed by atoms with Gasteiger partial charge in [0.05, 0.1) is 12.2 Å². The second-order valence-corrected chi connectivity index (χ2v) is 3.40. The van der Waals surface area contributed by atoms with Gasteiger partial charge < -0.3 is 5.32 Å². The lowest BCUT2D eigenvalue weighted by Gasteiger charge is -2.04. The minimum atomic E-state index is 0.972. The molecule has 1 heterocycles. The third kappa shape index (κ3) is 3.19. The molecule has 0 saturated carbocycles. The maximum atomic E-state index is 4.38. The third-order valence-electron chi connectivity index (χ3n) is 2.03. The van der Waals surface area contributed by atoms with Gasteiger partial charge in [0.15, 0.2) is 0 Å². The van der Waals surface area contributed by atoms with Crippen molar-refractivity contribution in [2.24, 2.45) is 0 Å². The Labute approximate surface area is 80.1 Å². The van der Waals surface area contributed by atoms with E-state index < -0.39 is 0 Å². The highest BCUT2D eigenvalue weighted by Gasteiger charge is 1.98. The maximum absolute atomic E-state index is 4.38. The van der Waals surface area contributed by atoms with E-state index in [4.69, 9.17) is 0 Å². The smallest absolute Gasteiger partial charge is 0.0596 e. The lowest BCUT2D eigenvalue weighted by Crippen LogP contribution is -2.21. The number of hydrogen-bond donors (Lipinski definition) is 1. The van der Waals surface area contributed by atoms with Crippen molar-refractivity contribution in [2.75, 3.05) is 13.1 Å². The Bertz CT molecular complexity index is 253. The summed E-state index contributed by atoms with van der Waals surface area (Å²) >= 11 is 0. The molecule has 0 saturated heterocycles. The van der Waals surface area contributed by atoms with Crippen LogP contribution >= 0.6 is 0 Å². The Hall–Kier alpha value is -0.830. The van der Waals surface area contributed by atoms with Crippen molar-refractivity contribution < 1.29 is 0 Å². The third-order valence-corrected chi connectivity index (χ3v) is 2.03. The fourth-order valence-electron chi connectivity index (χ4n) is 1.39. The van der Waals surface area contributed by atoms with E-state index in [0.717, 1.165) is 25.3 Å². The SMILES string of the molecule is CCCNCCn1nc(C)cc1C. The first kappa shape index (κ1) is 10.3. The summed E-state index contributed by atoms with van der Waals surface area (Å²) in [6.45, 7) is 9.38. The fourth-order valence-corrected chi connectivity index (χ4v) is 1.39. The van der Waals surface area contributed by atoms with Crippen molar-refractivity contribution in [3.8, 4) is 0 Å². The van der Waals surface area contributed by atoms with Crippen LogP contribution in [0.25, 0.3) is 0 Å². The molecule has 1 aromatic heterocycles. The van der Waals surface area contributed by atoms with Crippen LogP contribution in [0.5, 0.6) is 0 Å². The molecule has 1 N–H and O–H groups in total. The summed E-state index contributed by atoms with van der Waals surface area (Å²) < 4.78 is 2.05. The maximum Gasteiger partial charge on any atom is 0.0596 e. The molecule has 0 atom stereocenters. The van der Waals surface area contributed by atoms with E-state index in [0.29, 0.717) is 0 Å². The second kappa shape index (κ2) is 5.02. The highest BCUT2D eigenvalue weighted by molar-refractivity contribution is 5.06. The van der Waals surface area contributed by atoms with Crippen LogP contribution in [0.1, 0.15) is 24.7 Å². The number of aryl methyl sites for hydroxylation is 2. The first-order chi connectivity index (χ1) is 6.24. The van der Waals surface area contributed by atoms with Crippen LogP contribution in [0.4, 0.5) is 0 Å². The molecule has 0 unspecified atom stereocenters. The van der Waals surface area contributed by atoms with Gasteiger partial charge in [0.2, 0.25) is 0 Å². The highest BCUT2D eigenvalue weighted by Crippen LogP contribution is 2.00. The van der Waals surface area contributed by atoms with Gasteiger partial charge in [0.25, 0.3) is 0 Å². The number of hydrogen-bond acceptors (Lipinski definition) is 2. The minimum Gasteiger partial charge on any atom is -0.315 e. The van der Waals surface area contributed by atoms with Gasteiger partial charge in [0.1, 0.15) is 0 Å². The number of rotatable bonds is 5. The van der Waals surface area contributed by atoms with Gasteiger partial charge in [-0.15, -0.1) is 0 Å². The van der Waals surface area contributed by atoms with Crippen LogP contribution in [-0.2, 0) is 6.54 Å². The Balaban J connectivity index is 2.32. The van der Waals surface area contributed by atoms with Gasteiger partial charge in [-0.25, -0.2) is 0 Å². The zero-order chi connectivity index (χ0) is 9.68. The lowest BCUT2D eigenvalue weighted by atomic mass is 10.4. The van der Waals surface area contributed by atoms with Crippen molar-refractivity contribution in [1.29, 1.82) is 0 Å². The van der Waals surface area contributed by atoms with Gasteiger partial charge >= 0.3 is 0 Å². The predicted molar refractivity (Wildman–Crippen MR) is 54.9 cm³/mol. The van der Waals surface area contributed by atoms with Crippen LogP contribution in [0, 0.1) is 13.8 Å². The minimum absolute atomic E-state index is 0.972. The average molecular weight is 181 g/mol. The quantitative estimate of drug-likeness (QED) is 0.698. The van der Waals surface area contributed by atoms with Crippen molar-refractivity contribution in [3.63, 3.8) is 0 Å². The van der Waals surface area contributed by atoms with Crippen LogP contribution in [0.3, 0.4) is 0 Å². The molecular weight excluding hydrogens is 162 g/mol. The van der Waals surface area contributed by atoms with Gasteiger partial charge in [-0.3, -0.25) is 4.68 Å². The van der Waals surface area contributed by atoms with E-state index in [1.54, 1.807) is 0 Å². The summed E-state index contributed by atoms with van der Waals surface area (Å²) in [6.07, 6.45) is 1.19. The molecule has 74 valence electrons. The van der Waals surface area contributed by atoms with Crippen molar-refractivity contribution in [3.05, 3.63) is 17.5 Å². The normalized spacial score (nSPS) is 10.7. The standard InChI is InChI=1S/C10H19N3/c1-4-5-11-6-7-13-10(3)8-9(2)12-13/h8,11H,4-7H2,1-3H3. The average Bonchev–Trinajstić information content (AvgIpc) is 2.39. The molecule has 0 radical (unpaired) electrons. The van der Waals surface area contributed by atoms with Crippen LogP contribution in [0.15, 0.2) is 6.07 Å². The molecule has 0 aliphatic heterocycles. The number of aromatic nitrogens is 2. The topological polar surface area (TPSA) is 29.9 Å². The monoisotopic (exact) mass is 181 g/mol. The van der Waals surface area contributed by atoms with E-state index in [1.807, 2.05) is 6.92 Å². The summed E-state index contributed by atoms with van der Waals surface area (Å²) in [7, 11) is 0. The van der Waals surface area contributed by atoms with Gasteiger partial charge in [0, 0.05) is 12.2 Å². The van der Waals surface area contributed by atoms with Gasteiger partial charge in [-0.1, -0.05) is 6.92 Å². The molecule has 3 nitrogen and oxygen atoms in total. The molecular formula is C10H19N3. The lowest BCUT2D eigenvalue weighted by molar-refractivity contribution is 0.541. The zero-order valence-electron chi connectivity index (χ0n) is 8.80. The Kier molecular flexibility index (Phi) is 3.96. The molecule has 0 amide bonds. The number of nitrogens with one attached hydrogen (secondary N) is 1. The molecule has 0 aliphatic carbocycles. The van der Waals surface area contributed by atoms with Crippen molar-refractivity contribution in [2.45, 2.75) is 33.7 Å². The van der Waals surface area contributed by atoms with Crippen LogP contribution in [-0.4, -0.2) is 22.9 Å². The van der Waals surface area contributed by atoms with Crippen molar-refractivity contribution in [1.82, 2.24) is 15.1 Å². The molecule has 0 aromatic carbocycles. The largest absolute Gasteiger partial charge is 0.315 e. The molecule has 0 spiro atoms. The molecule has 13 heavy (non-hydrogen) atoms. The fraction of sp³-hybridized carbons (Fsp3) is 0.700. The van der Waals surface area contributed by atoms with E-state index in [1.165, 1.54) is 12.1 Å². The summed E-state index contributed by atoms with van der Waals surface area (Å²) in [5.74, 6) is 0. The summed E-state index contributed by atoms with van der Waals surface area (Å²) in [6, 6.07) is 2.11. The van der Waals surface area contributed by atoms with Crippen LogP contribution < -0.4 is 5.32 Å². The van der Waals surface area contributed by atoms with Crippen molar-refractivity contribution >= 4 is 0 Å². The molecule has 0 bridgehead atoms. The molecule has 1 rings (SSSR count). The van der Waals surface area contributed by atoms with E-state index in [9.17, 15) is 0 Å². The summed E-state index contributed by atoms with van der Waals surface area (Å²) in [4.78, 5) is 0. The highest BCUT2D eigenvalue weighted by atomic mass is 15.3. The molecule has 0 fully saturated rings. The van der Waals surface area contributed by atoms with Crippen LogP contribution in [0.2, 0.25) is 0 Å².